The molecule has 0 atom stereocenters. The summed E-state index contributed by atoms with van der Waals surface area (Å²) in [5.74, 6) is -0.435. The molecule has 2 aromatic rings. The van der Waals surface area contributed by atoms with Crippen molar-refractivity contribution < 1.29 is 15.0 Å². The van der Waals surface area contributed by atoms with E-state index in [1.165, 1.54) is 11.1 Å². The van der Waals surface area contributed by atoms with E-state index in [1.807, 2.05) is 56.1 Å². The second kappa shape index (κ2) is 13.8. The number of carboxylic acids is 1. The first-order valence-corrected chi connectivity index (χ1v) is 9.92. The number of hydrogen-bond donors (Lipinski definition) is 2. The first-order chi connectivity index (χ1) is 13.2. The zero-order chi connectivity index (χ0) is 21.6. The normalized spacial score (nSPS) is 10.4. The number of aryl methyl sites for hydroxylation is 1. The molecule has 2 N–H and O–H groups in total. The number of phenolic OH excluding ortho intramolecular Hbond substituents is 1. The lowest BCUT2D eigenvalue weighted by molar-refractivity contribution is -0.137. The average Bonchev–Trinajstić information content (AvgIpc) is 2.64. The van der Waals surface area contributed by atoms with Crippen LogP contribution in [0, 0.1) is 0 Å². The zero-order valence-corrected chi connectivity index (χ0v) is 18.3. The summed E-state index contributed by atoms with van der Waals surface area (Å²) in [6, 6.07) is 17.6. The van der Waals surface area contributed by atoms with Gasteiger partial charge in [0.15, 0.2) is 0 Å². The fourth-order valence-corrected chi connectivity index (χ4v) is 2.47. The molecule has 156 valence electrons. The Morgan fingerprint density at radius 1 is 0.964 bits per heavy atom. The Hall–Kier alpha value is -2.33. The molecule has 0 saturated carbocycles. The van der Waals surface area contributed by atoms with E-state index >= 15 is 0 Å². The van der Waals surface area contributed by atoms with Crippen LogP contribution in [0.2, 0.25) is 0 Å². The number of nitrogens with zero attached hydrogens (tertiary/aromatic N) is 1. The third kappa shape index (κ3) is 12.1. The molecule has 2 rings (SSSR count). The molecule has 0 heterocycles. The number of rotatable bonds is 6. The lowest BCUT2D eigenvalue weighted by atomic mass is 9.87. The lowest BCUT2D eigenvalue weighted by Crippen LogP contribution is -2.26. The fraction of sp³-hybridized carbons (Fsp3) is 0.458. The van der Waals surface area contributed by atoms with Crippen LogP contribution in [-0.2, 0) is 16.6 Å². The Morgan fingerprint density at radius 3 is 1.96 bits per heavy atom. The summed E-state index contributed by atoms with van der Waals surface area (Å²) in [5.41, 5.74) is 2.73. The van der Waals surface area contributed by atoms with Crippen LogP contribution in [0.15, 0.2) is 54.6 Å². The molecule has 0 saturated heterocycles. The SMILES string of the molecule is CC.CC(C)(C)c1ccc(O)cc1.CN(CCCc1ccccc1)CC(=O)O. The molecule has 0 aliphatic carbocycles. The number of aliphatic carboxylic acids is 1. The number of benzene rings is 2. The highest BCUT2D eigenvalue weighted by molar-refractivity contribution is 5.68. The molecule has 0 unspecified atom stereocenters. The predicted molar refractivity (Wildman–Crippen MR) is 118 cm³/mol. The van der Waals surface area contributed by atoms with E-state index in [1.54, 1.807) is 12.1 Å². The Bertz CT molecular complexity index is 646. The third-order valence-electron chi connectivity index (χ3n) is 3.99. The van der Waals surface area contributed by atoms with Crippen LogP contribution in [-0.4, -0.2) is 41.2 Å². The molecule has 0 fully saturated rings. The van der Waals surface area contributed by atoms with Gasteiger partial charge >= 0.3 is 5.97 Å². The van der Waals surface area contributed by atoms with Gasteiger partial charge < -0.3 is 10.2 Å². The summed E-state index contributed by atoms with van der Waals surface area (Å²) in [4.78, 5) is 12.2. The Balaban J connectivity index is 0.000000497. The summed E-state index contributed by atoms with van der Waals surface area (Å²) in [6.07, 6.45) is 2.00. The van der Waals surface area contributed by atoms with Gasteiger partial charge in [0.2, 0.25) is 0 Å². The van der Waals surface area contributed by atoms with Gasteiger partial charge in [0.05, 0.1) is 6.54 Å². The van der Waals surface area contributed by atoms with Crippen LogP contribution < -0.4 is 0 Å². The summed E-state index contributed by atoms with van der Waals surface area (Å²) >= 11 is 0. The molecule has 0 spiro atoms. The number of carboxylic acid groups (broad SMARTS) is 1. The van der Waals surface area contributed by atoms with Crippen molar-refractivity contribution in [3.8, 4) is 5.75 Å². The van der Waals surface area contributed by atoms with Gasteiger partial charge in [-0.15, -0.1) is 0 Å². The molecule has 4 nitrogen and oxygen atoms in total. The van der Waals surface area contributed by atoms with E-state index in [0.29, 0.717) is 5.75 Å². The first kappa shape index (κ1) is 25.7. The number of carbonyl (C=O) groups is 1. The maximum Gasteiger partial charge on any atom is 0.317 e. The largest absolute Gasteiger partial charge is 0.508 e. The molecular formula is C24H37NO3. The lowest BCUT2D eigenvalue weighted by Gasteiger charge is -2.18. The standard InChI is InChI=1S/C12H17NO2.C10H14O.C2H6/c1-13(10-12(14)15)9-5-8-11-6-3-2-4-7-11;1-10(2,3)8-4-6-9(11)7-5-8;1-2/h2-4,6-7H,5,8-10H2,1H3,(H,14,15);4-7,11H,1-3H3;1-2H3. The third-order valence-corrected chi connectivity index (χ3v) is 3.99. The average molecular weight is 388 g/mol. The highest BCUT2D eigenvalue weighted by atomic mass is 16.4. The van der Waals surface area contributed by atoms with Crippen LogP contribution in [0.25, 0.3) is 0 Å². The van der Waals surface area contributed by atoms with Crippen molar-refractivity contribution in [2.45, 2.75) is 52.9 Å². The van der Waals surface area contributed by atoms with E-state index in [-0.39, 0.29) is 12.0 Å². The minimum Gasteiger partial charge on any atom is -0.508 e. The molecule has 0 aliphatic heterocycles. The molecule has 0 aromatic heterocycles. The minimum atomic E-state index is -0.766. The van der Waals surface area contributed by atoms with Gasteiger partial charge in [-0.05, 0) is 55.1 Å². The van der Waals surface area contributed by atoms with Crippen LogP contribution >= 0.6 is 0 Å². The maximum atomic E-state index is 10.4. The monoisotopic (exact) mass is 387 g/mol. The topological polar surface area (TPSA) is 60.8 Å². The van der Waals surface area contributed by atoms with E-state index in [4.69, 9.17) is 10.2 Å². The zero-order valence-electron chi connectivity index (χ0n) is 18.3. The Labute approximate surface area is 170 Å². The highest BCUT2D eigenvalue weighted by Gasteiger charge is 2.12. The van der Waals surface area contributed by atoms with Crippen LogP contribution in [0.4, 0.5) is 0 Å². The molecule has 0 radical (unpaired) electrons. The molecule has 28 heavy (non-hydrogen) atoms. The highest BCUT2D eigenvalue weighted by Crippen LogP contribution is 2.23. The summed E-state index contributed by atoms with van der Waals surface area (Å²) in [5, 5.41) is 17.6. The number of hydrogen-bond acceptors (Lipinski definition) is 3. The van der Waals surface area contributed by atoms with Gasteiger partial charge in [0.1, 0.15) is 5.75 Å². The van der Waals surface area contributed by atoms with Crippen LogP contribution in [0.1, 0.15) is 52.2 Å². The van der Waals surface area contributed by atoms with E-state index in [2.05, 4.69) is 32.9 Å². The van der Waals surface area contributed by atoms with Gasteiger partial charge in [0.25, 0.3) is 0 Å². The quantitative estimate of drug-likeness (QED) is 0.701. The Kier molecular flexibility index (Phi) is 12.6. The van der Waals surface area contributed by atoms with Crippen molar-refractivity contribution in [1.82, 2.24) is 4.90 Å². The summed E-state index contributed by atoms with van der Waals surface area (Å²) < 4.78 is 0. The maximum absolute atomic E-state index is 10.4. The Morgan fingerprint density at radius 2 is 1.50 bits per heavy atom. The van der Waals surface area contributed by atoms with Crippen molar-refractivity contribution in [3.05, 3.63) is 65.7 Å². The van der Waals surface area contributed by atoms with Gasteiger partial charge in [-0.25, -0.2) is 0 Å². The van der Waals surface area contributed by atoms with Gasteiger partial charge in [-0.2, -0.15) is 0 Å². The first-order valence-electron chi connectivity index (χ1n) is 9.92. The summed E-state index contributed by atoms with van der Waals surface area (Å²) in [6.45, 7) is 11.4. The van der Waals surface area contributed by atoms with Gasteiger partial charge in [-0.3, -0.25) is 9.69 Å². The predicted octanol–water partition coefficient (Wildman–Crippen LogP) is 5.35. The number of likely N-dealkylation sites (N-methyl/N-ethyl adjacent to an activating group) is 1. The molecule has 0 aliphatic rings. The smallest absolute Gasteiger partial charge is 0.317 e. The van der Waals surface area contributed by atoms with E-state index < -0.39 is 5.97 Å². The van der Waals surface area contributed by atoms with Gasteiger partial charge in [0, 0.05) is 0 Å². The van der Waals surface area contributed by atoms with Crippen molar-refractivity contribution >= 4 is 5.97 Å². The number of aromatic hydroxyl groups is 1. The van der Waals surface area contributed by atoms with Crippen molar-refractivity contribution in [2.75, 3.05) is 20.1 Å². The molecule has 0 bridgehead atoms. The van der Waals surface area contributed by atoms with Crippen LogP contribution in [0.5, 0.6) is 5.75 Å². The minimum absolute atomic E-state index is 0.120. The number of phenols is 1. The van der Waals surface area contributed by atoms with Crippen molar-refractivity contribution in [1.29, 1.82) is 0 Å². The fourth-order valence-electron chi connectivity index (χ4n) is 2.47. The molecule has 0 amide bonds. The molecule has 4 heteroatoms. The summed E-state index contributed by atoms with van der Waals surface area (Å²) in [7, 11) is 1.83. The van der Waals surface area contributed by atoms with E-state index in [0.717, 1.165) is 19.4 Å². The second-order valence-corrected chi connectivity index (χ2v) is 7.52. The van der Waals surface area contributed by atoms with Crippen molar-refractivity contribution in [2.24, 2.45) is 0 Å². The van der Waals surface area contributed by atoms with Crippen molar-refractivity contribution in [3.63, 3.8) is 0 Å². The molecule has 2 aromatic carbocycles. The van der Waals surface area contributed by atoms with Crippen LogP contribution in [0.3, 0.4) is 0 Å². The second-order valence-electron chi connectivity index (χ2n) is 7.52. The molecular weight excluding hydrogens is 350 g/mol. The van der Waals surface area contributed by atoms with E-state index in [9.17, 15) is 4.79 Å². The van der Waals surface area contributed by atoms with Gasteiger partial charge in [-0.1, -0.05) is 77.1 Å².